The molecule has 0 radical (unpaired) electrons. The summed E-state index contributed by atoms with van der Waals surface area (Å²) in [5.41, 5.74) is 7.85. The van der Waals surface area contributed by atoms with E-state index in [0.717, 1.165) is 35.9 Å². The van der Waals surface area contributed by atoms with Crippen LogP contribution >= 0.6 is 24.0 Å². The largest absolute Gasteiger partial charge is 0.497 e. The van der Waals surface area contributed by atoms with Gasteiger partial charge in [-0.25, -0.2) is 9.98 Å². The molecule has 7 heteroatoms. The second-order valence-electron chi connectivity index (χ2n) is 5.77. The van der Waals surface area contributed by atoms with Crippen molar-refractivity contribution in [3.05, 3.63) is 48.2 Å². The van der Waals surface area contributed by atoms with Crippen molar-refractivity contribution in [2.75, 3.05) is 30.4 Å². The van der Waals surface area contributed by atoms with Gasteiger partial charge in [0.15, 0.2) is 5.96 Å². The van der Waals surface area contributed by atoms with Gasteiger partial charge in [-0.2, -0.15) is 0 Å². The summed E-state index contributed by atoms with van der Waals surface area (Å²) in [5, 5.41) is 3.06. The number of nitrogens with zero attached hydrogens (tertiary/aromatic N) is 3. The number of halogens is 1. The van der Waals surface area contributed by atoms with Gasteiger partial charge in [0.05, 0.1) is 13.7 Å². The second-order valence-corrected chi connectivity index (χ2v) is 5.77. The lowest BCUT2D eigenvalue weighted by Crippen LogP contribution is -2.22. The first kappa shape index (κ1) is 19.3. The van der Waals surface area contributed by atoms with E-state index in [2.05, 4.69) is 32.3 Å². The fourth-order valence-corrected chi connectivity index (χ4v) is 2.68. The monoisotopic (exact) mass is 453 g/mol. The third kappa shape index (κ3) is 5.48. The van der Waals surface area contributed by atoms with Crippen LogP contribution in [0.1, 0.15) is 18.4 Å². The molecule has 25 heavy (non-hydrogen) atoms. The van der Waals surface area contributed by atoms with Gasteiger partial charge in [-0.05, 0) is 48.7 Å². The summed E-state index contributed by atoms with van der Waals surface area (Å²) in [5.74, 6) is 2.23. The molecule has 1 aromatic carbocycles. The van der Waals surface area contributed by atoms with Crippen LogP contribution in [0.5, 0.6) is 5.75 Å². The lowest BCUT2D eigenvalue weighted by atomic mass is 10.3. The zero-order valence-electron chi connectivity index (χ0n) is 14.3. The summed E-state index contributed by atoms with van der Waals surface area (Å²) >= 11 is 0. The standard InChI is InChI=1S/C18H23N5O.HI/c1-24-16-7-5-15(6-8-16)22-18(19)21-13-14-4-9-17(20-12-14)23-10-2-3-11-23;/h4-9,12H,2-3,10-11,13H2,1H3,(H3,19,21,22);1H. The van der Waals surface area contributed by atoms with Gasteiger partial charge < -0.3 is 20.7 Å². The lowest BCUT2D eigenvalue weighted by molar-refractivity contribution is 0.415. The number of anilines is 2. The number of rotatable bonds is 5. The van der Waals surface area contributed by atoms with Gasteiger partial charge in [0.2, 0.25) is 0 Å². The highest BCUT2D eigenvalue weighted by molar-refractivity contribution is 14.0. The number of aromatic nitrogens is 1. The summed E-state index contributed by atoms with van der Waals surface area (Å²) < 4.78 is 5.13. The fourth-order valence-electron chi connectivity index (χ4n) is 2.68. The number of ether oxygens (including phenoxy) is 1. The average molecular weight is 453 g/mol. The molecule has 0 amide bonds. The highest BCUT2D eigenvalue weighted by Gasteiger charge is 2.12. The SMILES string of the molecule is COc1ccc(NC(N)=NCc2ccc(N3CCCC3)nc2)cc1.I. The van der Waals surface area contributed by atoms with E-state index in [1.807, 2.05) is 30.5 Å². The Balaban J connectivity index is 0.00000225. The normalized spacial score (nSPS) is 14.1. The number of hydrogen-bond acceptors (Lipinski definition) is 4. The van der Waals surface area contributed by atoms with Crippen LogP contribution in [-0.4, -0.2) is 31.1 Å². The van der Waals surface area contributed by atoms with Crippen LogP contribution in [0.2, 0.25) is 0 Å². The Morgan fingerprint density at radius 2 is 1.92 bits per heavy atom. The molecule has 3 rings (SSSR count). The number of methoxy groups -OCH3 is 1. The smallest absolute Gasteiger partial charge is 0.193 e. The van der Waals surface area contributed by atoms with Crippen molar-refractivity contribution < 1.29 is 4.74 Å². The predicted octanol–water partition coefficient (Wildman–Crippen LogP) is 3.24. The molecule has 2 heterocycles. The van der Waals surface area contributed by atoms with Gasteiger partial charge in [-0.3, -0.25) is 0 Å². The lowest BCUT2D eigenvalue weighted by Gasteiger charge is -2.16. The van der Waals surface area contributed by atoms with Gasteiger partial charge in [0, 0.05) is 25.0 Å². The van der Waals surface area contributed by atoms with E-state index in [9.17, 15) is 0 Å². The molecule has 0 atom stereocenters. The zero-order valence-corrected chi connectivity index (χ0v) is 16.6. The molecule has 1 saturated heterocycles. The number of benzene rings is 1. The van der Waals surface area contributed by atoms with Crippen LogP contribution in [-0.2, 0) is 6.54 Å². The fraction of sp³-hybridized carbons (Fsp3) is 0.333. The first-order valence-corrected chi connectivity index (χ1v) is 8.15. The van der Waals surface area contributed by atoms with Crippen molar-refractivity contribution in [2.24, 2.45) is 10.7 Å². The zero-order chi connectivity index (χ0) is 16.8. The minimum absolute atomic E-state index is 0. The Labute approximate surface area is 165 Å². The first-order chi connectivity index (χ1) is 11.7. The maximum atomic E-state index is 5.93. The van der Waals surface area contributed by atoms with Gasteiger partial charge in [-0.15, -0.1) is 24.0 Å². The molecule has 0 unspecified atom stereocenters. The molecule has 1 fully saturated rings. The highest BCUT2D eigenvalue weighted by atomic mass is 127. The summed E-state index contributed by atoms with van der Waals surface area (Å²) in [7, 11) is 1.64. The summed E-state index contributed by atoms with van der Waals surface area (Å²) in [6.45, 7) is 2.70. The van der Waals surface area contributed by atoms with Crippen LogP contribution in [0, 0.1) is 0 Å². The van der Waals surface area contributed by atoms with Gasteiger partial charge in [-0.1, -0.05) is 6.07 Å². The van der Waals surface area contributed by atoms with E-state index in [-0.39, 0.29) is 24.0 Å². The van der Waals surface area contributed by atoms with Crippen LogP contribution < -0.4 is 20.7 Å². The Morgan fingerprint density at radius 1 is 1.20 bits per heavy atom. The molecule has 0 aliphatic carbocycles. The van der Waals surface area contributed by atoms with Crippen LogP contribution in [0.3, 0.4) is 0 Å². The molecule has 1 aromatic heterocycles. The average Bonchev–Trinajstić information content (AvgIpc) is 3.16. The quantitative estimate of drug-likeness (QED) is 0.413. The molecule has 1 aliphatic rings. The predicted molar refractivity (Wildman–Crippen MR) is 113 cm³/mol. The van der Waals surface area contributed by atoms with Crippen molar-refractivity contribution in [1.29, 1.82) is 0 Å². The molecule has 0 saturated carbocycles. The van der Waals surface area contributed by atoms with Crippen molar-refractivity contribution in [3.63, 3.8) is 0 Å². The van der Waals surface area contributed by atoms with Crippen molar-refractivity contribution >= 4 is 41.4 Å². The van der Waals surface area contributed by atoms with Crippen LogP contribution in [0.15, 0.2) is 47.6 Å². The van der Waals surface area contributed by atoms with Crippen molar-refractivity contribution in [2.45, 2.75) is 19.4 Å². The first-order valence-electron chi connectivity index (χ1n) is 8.15. The van der Waals surface area contributed by atoms with Gasteiger partial charge >= 0.3 is 0 Å². The van der Waals surface area contributed by atoms with Crippen molar-refractivity contribution in [1.82, 2.24) is 4.98 Å². The van der Waals surface area contributed by atoms with Crippen LogP contribution in [0.4, 0.5) is 11.5 Å². The van der Waals surface area contributed by atoms with Gasteiger partial charge in [0.25, 0.3) is 0 Å². The van der Waals surface area contributed by atoms with E-state index in [4.69, 9.17) is 10.5 Å². The number of hydrogen-bond donors (Lipinski definition) is 2. The summed E-state index contributed by atoms with van der Waals surface area (Å²) in [6.07, 6.45) is 4.38. The molecule has 134 valence electrons. The molecule has 0 spiro atoms. The summed E-state index contributed by atoms with van der Waals surface area (Å²) in [4.78, 5) is 11.2. The molecular weight excluding hydrogens is 429 g/mol. The number of nitrogens with one attached hydrogen (secondary N) is 1. The molecule has 6 nitrogen and oxygen atoms in total. The maximum Gasteiger partial charge on any atom is 0.193 e. The minimum atomic E-state index is 0. The maximum absolute atomic E-state index is 5.93. The van der Waals surface area contributed by atoms with E-state index < -0.39 is 0 Å². The number of nitrogens with two attached hydrogens (primary N) is 1. The molecule has 0 bridgehead atoms. The minimum Gasteiger partial charge on any atom is -0.497 e. The number of aliphatic imine (C=N–C) groups is 1. The number of pyridine rings is 1. The van der Waals surface area contributed by atoms with E-state index in [1.54, 1.807) is 7.11 Å². The second kappa shape index (κ2) is 9.45. The van der Waals surface area contributed by atoms with E-state index >= 15 is 0 Å². The molecule has 1 aliphatic heterocycles. The molecule has 3 N–H and O–H groups in total. The van der Waals surface area contributed by atoms with E-state index in [0.29, 0.717) is 12.5 Å². The third-order valence-corrected chi connectivity index (χ3v) is 4.03. The van der Waals surface area contributed by atoms with Gasteiger partial charge in [0.1, 0.15) is 11.6 Å². The molecular formula is C18H24IN5O. The van der Waals surface area contributed by atoms with Crippen LogP contribution in [0.25, 0.3) is 0 Å². The van der Waals surface area contributed by atoms with E-state index in [1.165, 1.54) is 12.8 Å². The third-order valence-electron chi connectivity index (χ3n) is 4.03. The Kier molecular flexibility index (Phi) is 7.30. The highest BCUT2D eigenvalue weighted by Crippen LogP contribution is 2.18. The Morgan fingerprint density at radius 3 is 2.52 bits per heavy atom. The Bertz CT molecular complexity index is 682. The number of guanidine groups is 1. The Hall–Kier alpha value is -2.03. The summed E-state index contributed by atoms with van der Waals surface area (Å²) in [6, 6.07) is 11.7. The topological polar surface area (TPSA) is 75.8 Å². The van der Waals surface area contributed by atoms with Crippen molar-refractivity contribution in [3.8, 4) is 5.75 Å². The molecule has 2 aromatic rings.